The second-order valence-corrected chi connectivity index (χ2v) is 4.43. The number of aromatic nitrogens is 4. The first kappa shape index (κ1) is 14.9. The highest BCUT2D eigenvalue weighted by atomic mass is 16.5. The zero-order valence-electron chi connectivity index (χ0n) is 11.8. The van der Waals surface area contributed by atoms with Gasteiger partial charge in [-0.15, -0.1) is 10.2 Å². The maximum absolute atomic E-state index is 11.7. The molecule has 0 aliphatic rings. The first-order valence-corrected chi connectivity index (χ1v) is 6.59. The lowest BCUT2D eigenvalue weighted by Gasteiger charge is -2.03. The SMILES string of the molecule is COCCCNC(=O)Cn1nnc(-c2ccccc2N)n1. The molecule has 0 atom stereocenters. The molecule has 0 fully saturated rings. The zero-order chi connectivity index (χ0) is 15.1. The summed E-state index contributed by atoms with van der Waals surface area (Å²) in [6, 6.07) is 7.24. The molecule has 0 unspecified atom stereocenters. The van der Waals surface area contributed by atoms with Crippen molar-refractivity contribution in [3.05, 3.63) is 24.3 Å². The molecule has 0 radical (unpaired) electrons. The van der Waals surface area contributed by atoms with E-state index >= 15 is 0 Å². The molecule has 21 heavy (non-hydrogen) atoms. The fourth-order valence-electron chi connectivity index (χ4n) is 1.75. The van der Waals surface area contributed by atoms with Crippen LogP contribution in [0.15, 0.2) is 24.3 Å². The molecular weight excluding hydrogens is 272 g/mol. The largest absolute Gasteiger partial charge is 0.398 e. The second kappa shape index (κ2) is 7.34. The summed E-state index contributed by atoms with van der Waals surface area (Å²) in [5.41, 5.74) is 7.12. The van der Waals surface area contributed by atoms with Gasteiger partial charge in [0.1, 0.15) is 6.54 Å². The Bertz CT molecular complexity index is 598. The summed E-state index contributed by atoms with van der Waals surface area (Å²) < 4.78 is 4.90. The van der Waals surface area contributed by atoms with Gasteiger partial charge in [-0.2, -0.15) is 4.80 Å². The van der Waals surface area contributed by atoms with Gasteiger partial charge in [-0.05, 0) is 23.8 Å². The van der Waals surface area contributed by atoms with Crippen molar-refractivity contribution in [3.8, 4) is 11.4 Å². The van der Waals surface area contributed by atoms with E-state index in [-0.39, 0.29) is 12.5 Å². The third-order valence-electron chi connectivity index (χ3n) is 2.79. The Hall–Kier alpha value is -2.48. The number of benzene rings is 1. The molecule has 0 saturated heterocycles. The first-order chi connectivity index (χ1) is 10.2. The molecule has 112 valence electrons. The molecule has 3 N–H and O–H groups in total. The number of methoxy groups -OCH3 is 1. The van der Waals surface area contributed by atoms with Crippen molar-refractivity contribution in [2.75, 3.05) is 26.0 Å². The van der Waals surface area contributed by atoms with E-state index < -0.39 is 0 Å². The minimum absolute atomic E-state index is 0.0206. The van der Waals surface area contributed by atoms with Crippen LogP contribution in [-0.4, -0.2) is 46.4 Å². The Morgan fingerprint density at radius 2 is 2.24 bits per heavy atom. The number of ether oxygens (including phenoxy) is 1. The summed E-state index contributed by atoms with van der Waals surface area (Å²) in [6.45, 7) is 1.19. The summed E-state index contributed by atoms with van der Waals surface area (Å²) >= 11 is 0. The number of anilines is 1. The minimum Gasteiger partial charge on any atom is -0.398 e. The lowest BCUT2D eigenvalue weighted by atomic mass is 10.2. The molecule has 8 heteroatoms. The van der Waals surface area contributed by atoms with Crippen LogP contribution in [0.5, 0.6) is 0 Å². The molecule has 1 aromatic heterocycles. The first-order valence-electron chi connectivity index (χ1n) is 6.59. The number of tetrazole rings is 1. The Morgan fingerprint density at radius 3 is 3.00 bits per heavy atom. The molecule has 0 aliphatic carbocycles. The van der Waals surface area contributed by atoms with Crippen LogP contribution < -0.4 is 11.1 Å². The van der Waals surface area contributed by atoms with Gasteiger partial charge >= 0.3 is 0 Å². The van der Waals surface area contributed by atoms with Crippen molar-refractivity contribution < 1.29 is 9.53 Å². The second-order valence-electron chi connectivity index (χ2n) is 4.43. The number of hydrogen-bond acceptors (Lipinski definition) is 6. The number of nitrogens with one attached hydrogen (secondary N) is 1. The highest BCUT2D eigenvalue weighted by Gasteiger charge is 2.10. The fraction of sp³-hybridized carbons (Fsp3) is 0.385. The van der Waals surface area contributed by atoms with Crippen molar-refractivity contribution in [3.63, 3.8) is 0 Å². The summed E-state index contributed by atoms with van der Waals surface area (Å²) in [5.74, 6) is 0.233. The van der Waals surface area contributed by atoms with Crippen molar-refractivity contribution >= 4 is 11.6 Å². The number of carbonyl (C=O) groups excluding carboxylic acids is 1. The van der Waals surface area contributed by atoms with Gasteiger partial charge in [0, 0.05) is 31.5 Å². The van der Waals surface area contributed by atoms with Crippen LogP contribution in [0.3, 0.4) is 0 Å². The number of rotatable bonds is 7. The molecule has 8 nitrogen and oxygen atoms in total. The van der Waals surface area contributed by atoms with Gasteiger partial charge in [0.2, 0.25) is 11.7 Å². The van der Waals surface area contributed by atoms with E-state index in [1.54, 1.807) is 13.2 Å². The molecule has 0 aliphatic heterocycles. The van der Waals surface area contributed by atoms with Crippen LogP contribution in [0.1, 0.15) is 6.42 Å². The van der Waals surface area contributed by atoms with Crippen LogP contribution in [0, 0.1) is 0 Å². The average molecular weight is 290 g/mol. The smallest absolute Gasteiger partial charge is 0.243 e. The number of nitrogens with zero attached hydrogens (tertiary/aromatic N) is 4. The van der Waals surface area contributed by atoms with E-state index in [1.165, 1.54) is 4.80 Å². The molecule has 0 bridgehead atoms. The van der Waals surface area contributed by atoms with Crippen LogP contribution in [0.2, 0.25) is 0 Å². The number of hydrogen-bond donors (Lipinski definition) is 2. The lowest BCUT2D eigenvalue weighted by Crippen LogP contribution is -2.29. The van der Waals surface area contributed by atoms with E-state index in [9.17, 15) is 4.79 Å². The van der Waals surface area contributed by atoms with Crippen LogP contribution >= 0.6 is 0 Å². The average Bonchev–Trinajstić information content (AvgIpc) is 2.92. The predicted molar refractivity (Wildman–Crippen MR) is 77.2 cm³/mol. The number of amides is 1. The fourth-order valence-corrected chi connectivity index (χ4v) is 1.75. The van der Waals surface area contributed by atoms with Gasteiger partial charge in [0.05, 0.1) is 0 Å². The third kappa shape index (κ3) is 4.25. The molecule has 0 spiro atoms. The van der Waals surface area contributed by atoms with Crippen molar-refractivity contribution in [1.82, 2.24) is 25.5 Å². The van der Waals surface area contributed by atoms with Crippen LogP contribution in [-0.2, 0) is 16.1 Å². The highest BCUT2D eigenvalue weighted by Crippen LogP contribution is 2.20. The summed E-state index contributed by atoms with van der Waals surface area (Å²) in [7, 11) is 1.62. The van der Waals surface area contributed by atoms with E-state index in [0.717, 1.165) is 6.42 Å². The van der Waals surface area contributed by atoms with Gasteiger partial charge in [-0.1, -0.05) is 12.1 Å². The van der Waals surface area contributed by atoms with E-state index in [2.05, 4.69) is 20.7 Å². The standard InChI is InChI=1S/C13H18N6O2/c1-21-8-4-7-15-12(20)9-19-17-13(16-18-19)10-5-2-3-6-11(10)14/h2-3,5-6H,4,7-9,14H2,1H3,(H,15,20). The van der Waals surface area contributed by atoms with E-state index in [0.29, 0.717) is 30.2 Å². The van der Waals surface area contributed by atoms with Crippen LogP contribution in [0.4, 0.5) is 5.69 Å². The Kier molecular flexibility index (Phi) is 5.22. The van der Waals surface area contributed by atoms with Gasteiger partial charge in [0.25, 0.3) is 0 Å². The van der Waals surface area contributed by atoms with Crippen LogP contribution in [0.25, 0.3) is 11.4 Å². The monoisotopic (exact) mass is 290 g/mol. The molecule has 2 aromatic rings. The summed E-state index contributed by atoms with van der Waals surface area (Å²) in [6.07, 6.45) is 0.763. The Morgan fingerprint density at radius 1 is 1.43 bits per heavy atom. The normalized spacial score (nSPS) is 10.5. The quantitative estimate of drug-likeness (QED) is 0.552. The molecule has 1 aromatic carbocycles. The Balaban J connectivity index is 1.91. The molecule has 2 rings (SSSR count). The van der Waals surface area contributed by atoms with Gasteiger partial charge in [0.15, 0.2) is 0 Å². The van der Waals surface area contributed by atoms with E-state index in [1.807, 2.05) is 18.2 Å². The number of para-hydroxylation sites is 1. The Labute approximate surface area is 122 Å². The number of nitrogen functional groups attached to an aromatic ring is 1. The van der Waals surface area contributed by atoms with Crippen molar-refractivity contribution in [2.45, 2.75) is 13.0 Å². The maximum Gasteiger partial charge on any atom is 0.243 e. The van der Waals surface area contributed by atoms with Gasteiger partial charge in [-0.3, -0.25) is 4.79 Å². The topological polar surface area (TPSA) is 108 Å². The predicted octanol–water partition coefficient (Wildman–Crippen LogP) is 0.0750. The number of nitrogens with two attached hydrogens (primary N) is 1. The summed E-state index contributed by atoms with van der Waals surface area (Å²) in [4.78, 5) is 12.9. The summed E-state index contributed by atoms with van der Waals surface area (Å²) in [5, 5.41) is 14.7. The van der Waals surface area contributed by atoms with Crippen molar-refractivity contribution in [2.24, 2.45) is 0 Å². The molecule has 1 amide bonds. The van der Waals surface area contributed by atoms with Gasteiger partial charge in [-0.25, -0.2) is 0 Å². The highest BCUT2D eigenvalue weighted by molar-refractivity contribution is 5.75. The lowest BCUT2D eigenvalue weighted by molar-refractivity contribution is -0.122. The molecule has 1 heterocycles. The zero-order valence-corrected chi connectivity index (χ0v) is 11.8. The van der Waals surface area contributed by atoms with Crippen molar-refractivity contribution in [1.29, 1.82) is 0 Å². The molecular formula is C13H18N6O2. The minimum atomic E-state index is -0.170. The van der Waals surface area contributed by atoms with E-state index in [4.69, 9.17) is 10.5 Å². The number of carbonyl (C=O) groups is 1. The molecule has 0 saturated carbocycles. The maximum atomic E-state index is 11.7. The van der Waals surface area contributed by atoms with Gasteiger partial charge < -0.3 is 15.8 Å². The third-order valence-corrected chi connectivity index (χ3v) is 2.79.